The van der Waals surface area contributed by atoms with E-state index in [9.17, 15) is 10.0 Å². The Balaban J connectivity index is 1.73. The van der Waals surface area contributed by atoms with Gasteiger partial charge in [0.25, 0.3) is 0 Å². The second kappa shape index (κ2) is 7.66. The minimum absolute atomic E-state index is 0.582. The van der Waals surface area contributed by atoms with E-state index in [-0.39, 0.29) is 0 Å². The molecule has 144 valence electrons. The van der Waals surface area contributed by atoms with Crippen molar-refractivity contribution in [2.75, 3.05) is 0 Å². The summed E-state index contributed by atoms with van der Waals surface area (Å²) in [5, 5.41) is 24.1. The first-order chi connectivity index (χ1) is 14.2. The molecule has 1 aliphatic rings. The van der Waals surface area contributed by atoms with Crippen molar-refractivity contribution < 1.29 is 10.0 Å². The molecule has 0 aliphatic heterocycles. The molecule has 1 aliphatic carbocycles. The van der Waals surface area contributed by atoms with E-state index >= 15 is 0 Å². The molecule has 0 spiro atoms. The van der Waals surface area contributed by atoms with Crippen LogP contribution in [0.1, 0.15) is 43.6 Å². The van der Waals surface area contributed by atoms with Crippen molar-refractivity contribution >= 4 is 34.1 Å². The second-order valence-electron chi connectivity index (χ2n) is 8.21. The number of rotatable bonds is 3. The van der Waals surface area contributed by atoms with Gasteiger partial charge in [0.1, 0.15) is 0 Å². The minimum Gasteiger partial charge on any atom is -0.423 e. The fraction of sp³-hybridized carbons (Fsp3) is 0.231. The van der Waals surface area contributed by atoms with Gasteiger partial charge in [0.05, 0.1) is 0 Å². The molecule has 29 heavy (non-hydrogen) atoms. The van der Waals surface area contributed by atoms with Crippen LogP contribution < -0.4 is 5.46 Å². The van der Waals surface area contributed by atoms with E-state index in [1.54, 1.807) is 0 Å². The normalized spacial score (nSPS) is 15.1. The van der Waals surface area contributed by atoms with Gasteiger partial charge in [-0.05, 0) is 62.5 Å². The first-order valence-electron chi connectivity index (χ1n) is 10.6. The van der Waals surface area contributed by atoms with Gasteiger partial charge in [0.2, 0.25) is 0 Å². The molecule has 2 N–H and O–H groups in total. The Labute approximate surface area is 172 Å². The Morgan fingerprint density at radius 3 is 1.66 bits per heavy atom. The minimum atomic E-state index is -1.51. The van der Waals surface area contributed by atoms with Crippen LogP contribution >= 0.6 is 0 Å². The molecule has 0 radical (unpaired) electrons. The fourth-order valence-corrected chi connectivity index (χ4v) is 5.11. The molecule has 1 saturated carbocycles. The molecule has 4 aromatic carbocycles. The van der Waals surface area contributed by atoms with Crippen molar-refractivity contribution in [3.05, 3.63) is 78.4 Å². The predicted molar refractivity (Wildman–Crippen MR) is 123 cm³/mol. The predicted octanol–water partition coefficient (Wildman–Crippen LogP) is 5.39. The van der Waals surface area contributed by atoms with E-state index in [1.165, 1.54) is 43.2 Å². The Hall–Kier alpha value is -2.62. The van der Waals surface area contributed by atoms with Gasteiger partial charge in [-0.2, -0.15) is 0 Å². The summed E-state index contributed by atoms with van der Waals surface area (Å²) in [6, 6.07) is 25.2. The molecule has 0 aromatic heterocycles. The highest BCUT2D eigenvalue weighted by Crippen LogP contribution is 2.38. The molecule has 5 rings (SSSR count). The molecule has 0 atom stereocenters. The highest BCUT2D eigenvalue weighted by atomic mass is 16.4. The maximum atomic E-state index is 10.1. The molecular weight excluding hydrogens is 355 g/mol. The fourth-order valence-electron chi connectivity index (χ4n) is 5.11. The van der Waals surface area contributed by atoms with E-state index in [4.69, 9.17) is 0 Å². The maximum Gasteiger partial charge on any atom is 0.489 e. The lowest BCUT2D eigenvalue weighted by atomic mass is 9.72. The molecule has 0 saturated heterocycles. The van der Waals surface area contributed by atoms with Gasteiger partial charge >= 0.3 is 7.12 Å². The van der Waals surface area contributed by atoms with Crippen molar-refractivity contribution in [3.8, 4) is 11.1 Å². The molecular formula is C26H25BO2. The molecule has 3 heteroatoms. The third-order valence-electron chi connectivity index (χ3n) is 6.51. The summed E-state index contributed by atoms with van der Waals surface area (Å²) in [4.78, 5) is 0. The summed E-state index contributed by atoms with van der Waals surface area (Å²) < 4.78 is 0. The quantitative estimate of drug-likeness (QED) is 0.370. The van der Waals surface area contributed by atoms with Gasteiger partial charge in [-0.15, -0.1) is 0 Å². The van der Waals surface area contributed by atoms with Gasteiger partial charge in [0.15, 0.2) is 0 Å². The number of hydrogen-bond donors (Lipinski definition) is 2. The summed E-state index contributed by atoms with van der Waals surface area (Å²) in [5.41, 5.74) is 4.37. The Morgan fingerprint density at radius 1 is 0.621 bits per heavy atom. The second-order valence-corrected chi connectivity index (χ2v) is 8.21. The van der Waals surface area contributed by atoms with Gasteiger partial charge in [0, 0.05) is 0 Å². The summed E-state index contributed by atoms with van der Waals surface area (Å²) in [7, 11) is -1.51. The topological polar surface area (TPSA) is 40.5 Å². The SMILES string of the molecule is OB(O)c1c2ccccc2c(-c2ccc(C3CCCCC3)cc2)c2ccccc12. The number of fused-ring (bicyclic) bond motifs is 2. The number of hydrogen-bond acceptors (Lipinski definition) is 2. The van der Waals surface area contributed by atoms with E-state index in [0.29, 0.717) is 11.4 Å². The molecule has 2 nitrogen and oxygen atoms in total. The van der Waals surface area contributed by atoms with Crippen LogP contribution in [0.15, 0.2) is 72.8 Å². The van der Waals surface area contributed by atoms with Gasteiger partial charge in [-0.1, -0.05) is 92.1 Å². The van der Waals surface area contributed by atoms with Crippen LogP contribution in [0.5, 0.6) is 0 Å². The first-order valence-corrected chi connectivity index (χ1v) is 10.6. The molecule has 1 fully saturated rings. The highest BCUT2D eigenvalue weighted by molar-refractivity contribution is 6.66. The van der Waals surface area contributed by atoms with Crippen molar-refractivity contribution in [3.63, 3.8) is 0 Å². The van der Waals surface area contributed by atoms with Crippen LogP contribution in [0.3, 0.4) is 0 Å². The zero-order valence-corrected chi connectivity index (χ0v) is 16.5. The van der Waals surface area contributed by atoms with Crippen LogP contribution in [-0.2, 0) is 0 Å². The summed E-state index contributed by atoms with van der Waals surface area (Å²) in [5.74, 6) is 0.693. The van der Waals surface area contributed by atoms with Crippen LogP contribution in [0, 0.1) is 0 Å². The summed E-state index contributed by atoms with van der Waals surface area (Å²) in [6.07, 6.45) is 6.65. The average Bonchev–Trinajstić information content (AvgIpc) is 2.78. The van der Waals surface area contributed by atoms with Crippen LogP contribution in [0.2, 0.25) is 0 Å². The Bertz CT molecular complexity index is 1100. The van der Waals surface area contributed by atoms with Gasteiger partial charge in [-0.3, -0.25) is 0 Å². The van der Waals surface area contributed by atoms with Crippen molar-refractivity contribution in [1.82, 2.24) is 0 Å². The van der Waals surface area contributed by atoms with E-state index in [2.05, 4.69) is 36.4 Å². The largest absolute Gasteiger partial charge is 0.489 e. The van der Waals surface area contributed by atoms with E-state index in [1.807, 2.05) is 36.4 Å². The van der Waals surface area contributed by atoms with Gasteiger partial charge < -0.3 is 10.0 Å². The lowest BCUT2D eigenvalue weighted by molar-refractivity contribution is 0.426. The van der Waals surface area contributed by atoms with E-state index < -0.39 is 7.12 Å². The summed E-state index contributed by atoms with van der Waals surface area (Å²) >= 11 is 0. The molecule has 0 amide bonds. The zero-order valence-electron chi connectivity index (χ0n) is 16.5. The first kappa shape index (κ1) is 18.4. The zero-order chi connectivity index (χ0) is 19.8. The van der Waals surface area contributed by atoms with Crippen molar-refractivity contribution in [1.29, 1.82) is 0 Å². The third kappa shape index (κ3) is 3.25. The van der Waals surface area contributed by atoms with Gasteiger partial charge in [-0.25, -0.2) is 0 Å². The monoisotopic (exact) mass is 380 g/mol. The molecule has 0 heterocycles. The van der Waals surface area contributed by atoms with Crippen LogP contribution in [-0.4, -0.2) is 17.2 Å². The van der Waals surface area contributed by atoms with Crippen LogP contribution in [0.25, 0.3) is 32.7 Å². The van der Waals surface area contributed by atoms with Crippen molar-refractivity contribution in [2.24, 2.45) is 0 Å². The molecule has 0 unspecified atom stereocenters. The third-order valence-corrected chi connectivity index (χ3v) is 6.51. The molecule has 0 bridgehead atoms. The molecule has 4 aromatic rings. The smallest absolute Gasteiger partial charge is 0.423 e. The van der Waals surface area contributed by atoms with E-state index in [0.717, 1.165) is 27.1 Å². The Morgan fingerprint density at radius 2 is 1.14 bits per heavy atom. The van der Waals surface area contributed by atoms with Crippen molar-refractivity contribution in [2.45, 2.75) is 38.0 Å². The van der Waals surface area contributed by atoms with Crippen LogP contribution in [0.4, 0.5) is 0 Å². The lowest BCUT2D eigenvalue weighted by Gasteiger charge is -2.22. The maximum absolute atomic E-state index is 10.1. The number of benzene rings is 4. The average molecular weight is 380 g/mol. The summed E-state index contributed by atoms with van der Waals surface area (Å²) in [6.45, 7) is 0. The standard InChI is InChI=1S/C26H25BO2/c28-27(29)26-23-12-6-4-10-21(23)25(22-11-5-7-13-24(22)26)20-16-14-19(15-17-20)18-8-2-1-3-9-18/h4-7,10-18,28-29H,1-3,8-9H2. The highest BCUT2D eigenvalue weighted by Gasteiger charge is 2.22. The lowest BCUT2D eigenvalue weighted by Crippen LogP contribution is -2.31. The Kier molecular flexibility index (Phi) is 4.87.